The van der Waals surface area contributed by atoms with Crippen LogP contribution in [0.3, 0.4) is 0 Å². The molecular weight excluding hydrogens is 499 g/mol. The lowest BCUT2D eigenvalue weighted by Gasteiger charge is -2.19. The lowest BCUT2D eigenvalue weighted by molar-refractivity contribution is 0.0892. The van der Waals surface area contributed by atoms with Crippen molar-refractivity contribution >= 4 is 33.0 Å². The second-order valence-corrected chi connectivity index (χ2v) is 10.6. The Balaban J connectivity index is 1.53. The molecule has 0 saturated heterocycles. The Bertz CT molecular complexity index is 1320. The van der Waals surface area contributed by atoms with E-state index in [0.717, 1.165) is 11.3 Å². The molecular formula is C21H23FN6O5S2. The van der Waals surface area contributed by atoms with Crippen LogP contribution in [0, 0.1) is 5.82 Å². The predicted molar refractivity (Wildman–Crippen MR) is 126 cm³/mol. The first-order chi connectivity index (χ1) is 16.8. The number of carbonyl (C=O) groups is 1. The van der Waals surface area contributed by atoms with Gasteiger partial charge >= 0.3 is 0 Å². The van der Waals surface area contributed by atoms with Crippen molar-refractivity contribution in [3.8, 4) is 16.5 Å². The maximum absolute atomic E-state index is 15.2. The Morgan fingerprint density at radius 2 is 2.09 bits per heavy atom. The van der Waals surface area contributed by atoms with Crippen LogP contribution in [0.4, 0.5) is 10.1 Å². The lowest BCUT2D eigenvalue weighted by Crippen LogP contribution is -2.33. The molecule has 1 amide bonds. The van der Waals surface area contributed by atoms with E-state index in [1.54, 1.807) is 0 Å². The quantitative estimate of drug-likeness (QED) is 0.388. The summed E-state index contributed by atoms with van der Waals surface area (Å²) in [4.78, 5) is 30.1. The first-order valence-corrected chi connectivity index (χ1v) is 13.1. The standard InChI is InChI=1S/C21H23FN6O5S2/c1-3-33-17-10-23-8-14(26-17)16-9-25-21(34-16)20(29)27-15(11-32-2)19-18(22)13(6-7-24-19)28-35(30,31)12-4-5-12/h6-10,12,15H,3-5,11H2,1-2H3,(H,24,28)(H,27,29). The maximum atomic E-state index is 15.2. The Morgan fingerprint density at radius 3 is 2.80 bits per heavy atom. The molecule has 1 aliphatic carbocycles. The van der Waals surface area contributed by atoms with Crippen LogP contribution >= 0.6 is 11.3 Å². The first kappa shape index (κ1) is 24.9. The van der Waals surface area contributed by atoms with E-state index in [9.17, 15) is 13.2 Å². The number of hydrogen-bond donors (Lipinski definition) is 2. The van der Waals surface area contributed by atoms with E-state index >= 15 is 4.39 Å². The predicted octanol–water partition coefficient (Wildman–Crippen LogP) is 2.55. The minimum absolute atomic E-state index is 0.103. The van der Waals surface area contributed by atoms with Crippen LogP contribution in [0.15, 0.2) is 30.9 Å². The molecule has 0 bridgehead atoms. The SMILES string of the molecule is CCOc1cncc(-c2cnc(C(=O)NC(COC)c3nccc(NS(=O)(=O)C4CC4)c3F)s2)n1. The van der Waals surface area contributed by atoms with E-state index in [2.05, 4.69) is 30.0 Å². The third-order valence-electron chi connectivity index (χ3n) is 4.96. The summed E-state index contributed by atoms with van der Waals surface area (Å²) in [5.41, 5.74) is 0.0918. The summed E-state index contributed by atoms with van der Waals surface area (Å²) in [7, 11) is -2.29. The second-order valence-electron chi connectivity index (χ2n) is 7.59. The van der Waals surface area contributed by atoms with Crippen molar-refractivity contribution in [2.24, 2.45) is 0 Å². The third-order valence-corrected chi connectivity index (χ3v) is 7.83. The topological polar surface area (TPSA) is 145 Å². The van der Waals surface area contributed by atoms with Gasteiger partial charge in [-0.1, -0.05) is 0 Å². The maximum Gasteiger partial charge on any atom is 0.280 e. The van der Waals surface area contributed by atoms with E-state index in [-0.39, 0.29) is 23.0 Å². The fraction of sp³-hybridized carbons (Fsp3) is 0.381. The molecule has 3 aromatic rings. The van der Waals surface area contributed by atoms with Gasteiger partial charge in [0.05, 0.1) is 47.5 Å². The summed E-state index contributed by atoms with van der Waals surface area (Å²) in [5, 5.41) is 2.24. The summed E-state index contributed by atoms with van der Waals surface area (Å²) in [6, 6.07) is 0.237. The highest BCUT2D eigenvalue weighted by molar-refractivity contribution is 7.93. The summed E-state index contributed by atoms with van der Waals surface area (Å²) in [5.74, 6) is -1.12. The molecule has 0 aromatic carbocycles. The largest absolute Gasteiger partial charge is 0.477 e. The van der Waals surface area contributed by atoms with E-state index < -0.39 is 33.0 Å². The molecule has 1 fully saturated rings. The Kier molecular flexibility index (Phi) is 7.52. The molecule has 14 heteroatoms. The zero-order valence-electron chi connectivity index (χ0n) is 18.9. The number of methoxy groups -OCH3 is 1. The van der Waals surface area contributed by atoms with Crippen LogP contribution in [0.2, 0.25) is 0 Å². The molecule has 3 aromatic heterocycles. The van der Waals surface area contributed by atoms with Crippen molar-refractivity contribution in [3.63, 3.8) is 0 Å². The van der Waals surface area contributed by atoms with Crippen molar-refractivity contribution in [2.45, 2.75) is 31.1 Å². The van der Waals surface area contributed by atoms with Crippen molar-refractivity contribution < 1.29 is 27.1 Å². The van der Waals surface area contributed by atoms with Gasteiger partial charge in [0.1, 0.15) is 11.4 Å². The molecule has 3 heterocycles. The summed E-state index contributed by atoms with van der Waals surface area (Å²) in [6.45, 7) is 2.16. The van der Waals surface area contributed by atoms with Gasteiger partial charge in [0.2, 0.25) is 15.9 Å². The number of nitrogens with one attached hydrogen (secondary N) is 2. The molecule has 0 radical (unpaired) electrons. The smallest absolute Gasteiger partial charge is 0.280 e. The molecule has 186 valence electrons. The first-order valence-electron chi connectivity index (χ1n) is 10.7. The van der Waals surface area contributed by atoms with E-state index in [4.69, 9.17) is 9.47 Å². The number of halogens is 1. The zero-order valence-corrected chi connectivity index (χ0v) is 20.5. The third kappa shape index (κ3) is 5.89. The van der Waals surface area contributed by atoms with E-state index in [1.807, 2.05) is 6.92 Å². The van der Waals surface area contributed by atoms with Gasteiger partial charge in [-0.15, -0.1) is 11.3 Å². The number of hydrogen-bond acceptors (Lipinski definition) is 10. The summed E-state index contributed by atoms with van der Waals surface area (Å²) < 4.78 is 52.5. The molecule has 1 atom stereocenters. The molecule has 1 aliphatic rings. The lowest BCUT2D eigenvalue weighted by atomic mass is 10.1. The van der Waals surface area contributed by atoms with Crippen LogP contribution < -0.4 is 14.8 Å². The number of ether oxygens (including phenoxy) is 2. The normalized spacial score (nSPS) is 14.4. The van der Waals surface area contributed by atoms with Gasteiger partial charge in [-0.2, -0.15) is 0 Å². The molecule has 1 unspecified atom stereocenters. The minimum Gasteiger partial charge on any atom is -0.477 e. The fourth-order valence-corrected chi connectivity index (χ4v) is 5.32. The minimum atomic E-state index is -3.68. The van der Waals surface area contributed by atoms with Gasteiger partial charge in [-0.05, 0) is 25.8 Å². The van der Waals surface area contributed by atoms with Crippen molar-refractivity contribution in [2.75, 3.05) is 25.0 Å². The van der Waals surface area contributed by atoms with E-state index in [1.165, 1.54) is 38.0 Å². The van der Waals surface area contributed by atoms with Crippen LogP contribution in [-0.4, -0.2) is 59.8 Å². The average molecular weight is 523 g/mol. The fourth-order valence-electron chi connectivity index (χ4n) is 3.15. The van der Waals surface area contributed by atoms with Gasteiger partial charge in [0, 0.05) is 19.5 Å². The molecule has 2 N–H and O–H groups in total. The van der Waals surface area contributed by atoms with Gasteiger partial charge in [-0.3, -0.25) is 19.5 Å². The molecule has 35 heavy (non-hydrogen) atoms. The number of anilines is 1. The number of sulfonamides is 1. The number of nitrogens with zero attached hydrogens (tertiary/aromatic N) is 4. The van der Waals surface area contributed by atoms with Crippen molar-refractivity contribution in [3.05, 3.63) is 47.4 Å². The van der Waals surface area contributed by atoms with Gasteiger partial charge in [0.25, 0.3) is 5.91 Å². The van der Waals surface area contributed by atoms with Gasteiger partial charge < -0.3 is 14.8 Å². The van der Waals surface area contributed by atoms with Crippen molar-refractivity contribution in [1.29, 1.82) is 0 Å². The molecule has 0 spiro atoms. The summed E-state index contributed by atoms with van der Waals surface area (Å²) >= 11 is 1.07. The van der Waals surface area contributed by atoms with Gasteiger partial charge in [-0.25, -0.2) is 22.8 Å². The van der Waals surface area contributed by atoms with E-state index in [0.29, 0.717) is 35.9 Å². The number of amides is 1. The highest BCUT2D eigenvalue weighted by Crippen LogP contribution is 2.31. The average Bonchev–Trinajstić information content (AvgIpc) is 3.58. The Hall–Kier alpha value is -3.23. The number of thiazole rings is 1. The highest BCUT2D eigenvalue weighted by Gasteiger charge is 2.36. The Labute approximate surface area is 205 Å². The van der Waals surface area contributed by atoms with Gasteiger partial charge in [0.15, 0.2) is 10.8 Å². The number of carbonyl (C=O) groups excluding carboxylic acids is 1. The molecule has 0 aliphatic heterocycles. The number of pyridine rings is 1. The number of aromatic nitrogens is 4. The highest BCUT2D eigenvalue weighted by atomic mass is 32.2. The summed E-state index contributed by atoms with van der Waals surface area (Å²) in [6.07, 6.45) is 6.83. The molecule has 4 rings (SSSR count). The van der Waals surface area contributed by atoms with Crippen LogP contribution in [0.1, 0.15) is 41.3 Å². The number of rotatable bonds is 11. The second kappa shape index (κ2) is 10.6. The van der Waals surface area contributed by atoms with Crippen LogP contribution in [0.25, 0.3) is 10.6 Å². The van der Waals surface area contributed by atoms with Crippen LogP contribution in [0.5, 0.6) is 5.88 Å². The van der Waals surface area contributed by atoms with Crippen molar-refractivity contribution in [1.82, 2.24) is 25.3 Å². The van der Waals surface area contributed by atoms with Crippen LogP contribution in [-0.2, 0) is 14.8 Å². The monoisotopic (exact) mass is 522 g/mol. The zero-order chi connectivity index (χ0) is 25.0. The Morgan fingerprint density at radius 1 is 1.29 bits per heavy atom. The molecule has 1 saturated carbocycles. The molecule has 11 nitrogen and oxygen atoms in total.